The number of hydrogen-bond acceptors (Lipinski definition) is 7. The van der Waals surface area contributed by atoms with Crippen molar-refractivity contribution in [1.29, 1.82) is 0 Å². The van der Waals surface area contributed by atoms with Gasteiger partial charge in [0.15, 0.2) is 16.6 Å². The van der Waals surface area contributed by atoms with E-state index in [1.165, 1.54) is 11.3 Å². The zero-order chi connectivity index (χ0) is 21.3. The highest BCUT2D eigenvalue weighted by molar-refractivity contribution is 7.22. The van der Waals surface area contributed by atoms with Gasteiger partial charge in [-0.2, -0.15) is 0 Å². The number of aryl methyl sites for hydroxylation is 1. The minimum absolute atomic E-state index is 0.165. The third kappa shape index (κ3) is 3.93. The summed E-state index contributed by atoms with van der Waals surface area (Å²) in [5.41, 5.74) is 1.87. The van der Waals surface area contributed by atoms with E-state index in [2.05, 4.69) is 0 Å². The molecule has 3 aromatic rings. The summed E-state index contributed by atoms with van der Waals surface area (Å²) in [4.78, 5) is 22.0. The van der Waals surface area contributed by atoms with Gasteiger partial charge in [-0.1, -0.05) is 29.5 Å². The lowest BCUT2D eigenvalue weighted by Gasteiger charge is -2.30. The Morgan fingerprint density at radius 3 is 2.70 bits per heavy atom. The summed E-state index contributed by atoms with van der Waals surface area (Å²) in [6.07, 6.45) is -0.725. The number of para-hydroxylation sites is 2. The van der Waals surface area contributed by atoms with Crippen LogP contribution in [0.3, 0.4) is 0 Å². The summed E-state index contributed by atoms with van der Waals surface area (Å²) >= 11 is 1.49. The van der Waals surface area contributed by atoms with Crippen LogP contribution in [-0.4, -0.2) is 62.8 Å². The van der Waals surface area contributed by atoms with Crippen molar-refractivity contribution in [2.75, 3.05) is 45.8 Å². The third-order valence-corrected chi connectivity index (χ3v) is 6.18. The molecule has 0 spiro atoms. The zero-order valence-electron chi connectivity index (χ0n) is 17.5. The highest BCUT2D eigenvalue weighted by Crippen LogP contribution is 2.37. The van der Waals surface area contributed by atoms with Crippen molar-refractivity contribution in [2.24, 2.45) is 0 Å². The zero-order valence-corrected chi connectivity index (χ0v) is 18.4. The van der Waals surface area contributed by atoms with E-state index in [4.69, 9.17) is 19.2 Å². The Bertz CT molecular complexity index is 1070. The van der Waals surface area contributed by atoms with Crippen LogP contribution >= 0.6 is 11.3 Å². The molecule has 158 valence electrons. The number of carbonyl (C=O) groups is 1. The minimum atomic E-state index is -0.725. The van der Waals surface area contributed by atoms with Gasteiger partial charge >= 0.3 is 0 Å². The van der Waals surface area contributed by atoms with Gasteiger partial charge < -0.3 is 19.1 Å². The fourth-order valence-corrected chi connectivity index (χ4v) is 4.38. The first kappa shape index (κ1) is 20.4. The topological polar surface area (TPSA) is 64.1 Å². The molecule has 1 aliphatic rings. The van der Waals surface area contributed by atoms with Crippen molar-refractivity contribution in [2.45, 2.75) is 13.0 Å². The number of rotatable bonds is 6. The Morgan fingerprint density at radius 1 is 1.20 bits per heavy atom. The van der Waals surface area contributed by atoms with E-state index in [-0.39, 0.29) is 12.5 Å². The molecular formula is C22H25N3O4S. The van der Waals surface area contributed by atoms with Crippen LogP contribution in [-0.2, 0) is 4.79 Å². The molecule has 7 nitrogen and oxygen atoms in total. The number of aromatic nitrogens is 1. The third-order valence-electron chi connectivity index (χ3n) is 4.96. The van der Waals surface area contributed by atoms with E-state index in [0.717, 1.165) is 15.8 Å². The number of nitrogens with zero attached hydrogens (tertiary/aromatic N) is 3. The molecule has 0 saturated carbocycles. The molecule has 2 aromatic carbocycles. The maximum Gasteiger partial charge on any atom is 0.273 e. The first-order valence-corrected chi connectivity index (χ1v) is 10.6. The molecule has 0 N–H and O–H groups in total. The molecule has 30 heavy (non-hydrogen) atoms. The second-order valence-corrected chi connectivity index (χ2v) is 8.39. The summed E-state index contributed by atoms with van der Waals surface area (Å²) in [5, 5.41) is 0.631. The summed E-state index contributed by atoms with van der Waals surface area (Å²) in [6, 6.07) is 11.3. The van der Waals surface area contributed by atoms with Crippen LogP contribution in [0.5, 0.6) is 17.2 Å². The predicted octanol–water partition coefficient (Wildman–Crippen LogP) is 3.35. The van der Waals surface area contributed by atoms with Crippen molar-refractivity contribution < 1.29 is 19.0 Å². The van der Waals surface area contributed by atoms with Crippen LogP contribution in [0, 0.1) is 6.92 Å². The number of anilines is 1. The summed E-state index contributed by atoms with van der Waals surface area (Å²) in [7, 11) is 5.58. The Hall–Kier alpha value is -2.84. The first-order valence-electron chi connectivity index (χ1n) is 9.76. The molecule has 8 heteroatoms. The maximum atomic E-state index is 13.5. The van der Waals surface area contributed by atoms with Crippen LogP contribution in [0.25, 0.3) is 10.2 Å². The first-order chi connectivity index (χ1) is 14.5. The van der Waals surface area contributed by atoms with Crippen molar-refractivity contribution in [3.63, 3.8) is 0 Å². The number of thiazole rings is 1. The van der Waals surface area contributed by atoms with Gasteiger partial charge in [0.2, 0.25) is 6.10 Å². The van der Waals surface area contributed by atoms with Gasteiger partial charge in [-0.15, -0.1) is 0 Å². The second-order valence-electron chi connectivity index (χ2n) is 7.42. The Balaban J connectivity index is 1.67. The molecule has 1 unspecified atom stereocenters. The van der Waals surface area contributed by atoms with Crippen LogP contribution in [0.2, 0.25) is 0 Å². The average molecular weight is 428 g/mol. The maximum absolute atomic E-state index is 13.5. The van der Waals surface area contributed by atoms with E-state index >= 15 is 0 Å². The Kier molecular flexibility index (Phi) is 5.78. The number of likely N-dealkylation sites (N-methyl/N-ethyl adjacent to an activating group) is 1. The molecule has 1 atom stereocenters. The van der Waals surface area contributed by atoms with Gasteiger partial charge in [0.25, 0.3) is 5.91 Å². The number of fused-ring (bicyclic) bond motifs is 2. The normalized spacial score (nSPS) is 15.4. The van der Waals surface area contributed by atoms with Crippen LogP contribution in [0.15, 0.2) is 36.4 Å². The van der Waals surface area contributed by atoms with E-state index in [1.54, 1.807) is 12.0 Å². The largest absolute Gasteiger partial charge is 0.494 e. The lowest BCUT2D eigenvalue weighted by atomic mass is 10.2. The van der Waals surface area contributed by atoms with Crippen LogP contribution in [0.4, 0.5) is 5.13 Å². The molecule has 0 radical (unpaired) electrons. The lowest BCUT2D eigenvalue weighted by Crippen LogP contribution is -2.48. The van der Waals surface area contributed by atoms with E-state index in [1.807, 2.05) is 62.3 Å². The number of benzene rings is 2. The monoisotopic (exact) mass is 427 g/mol. The van der Waals surface area contributed by atoms with Gasteiger partial charge in [0.1, 0.15) is 17.9 Å². The predicted molar refractivity (Wildman–Crippen MR) is 118 cm³/mol. The quantitative estimate of drug-likeness (QED) is 0.601. The summed E-state index contributed by atoms with van der Waals surface area (Å²) in [6.45, 7) is 3.39. The molecule has 2 heterocycles. The highest BCUT2D eigenvalue weighted by Gasteiger charge is 2.33. The van der Waals surface area contributed by atoms with Gasteiger partial charge in [-0.05, 0) is 44.8 Å². The Labute approximate surface area is 179 Å². The molecular weight excluding hydrogens is 402 g/mol. The summed E-state index contributed by atoms with van der Waals surface area (Å²) < 4.78 is 18.2. The van der Waals surface area contributed by atoms with E-state index in [0.29, 0.717) is 35.5 Å². The van der Waals surface area contributed by atoms with E-state index < -0.39 is 6.10 Å². The lowest BCUT2D eigenvalue weighted by molar-refractivity contribution is -0.127. The van der Waals surface area contributed by atoms with Gasteiger partial charge in [0.05, 0.1) is 11.8 Å². The fraction of sp³-hybridized carbons (Fsp3) is 0.364. The molecule has 0 bridgehead atoms. The smallest absolute Gasteiger partial charge is 0.273 e. The van der Waals surface area contributed by atoms with Crippen LogP contribution < -0.4 is 19.1 Å². The van der Waals surface area contributed by atoms with Gasteiger partial charge in [-0.25, -0.2) is 4.98 Å². The Morgan fingerprint density at radius 2 is 1.97 bits per heavy atom. The van der Waals surface area contributed by atoms with E-state index in [9.17, 15) is 4.79 Å². The SMILES string of the molecule is COc1ccc(C)c2sc(N(CCN(C)C)C(=O)C3COc4ccccc4O3)nc12. The molecule has 1 amide bonds. The molecule has 0 aliphatic carbocycles. The number of hydrogen-bond donors (Lipinski definition) is 0. The molecule has 1 aliphatic heterocycles. The highest BCUT2D eigenvalue weighted by atomic mass is 32.1. The number of ether oxygens (including phenoxy) is 3. The number of methoxy groups -OCH3 is 1. The fourth-order valence-electron chi connectivity index (χ4n) is 3.29. The molecule has 0 saturated heterocycles. The van der Waals surface area contributed by atoms with Gasteiger partial charge in [-0.3, -0.25) is 9.69 Å². The summed E-state index contributed by atoms with van der Waals surface area (Å²) in [5.74, 6) is 1.77. The van der Waals surface area contributed by atoms with Crippen molar-refractivity contribution in [1.82, 2.24) is 9.88 Å². The molecule has 1 aromatic heterocycles. The molecule has 4 rings (SSSR count). The second kappa shape index (κ2) is 8.49. The minimum Gasteiger partial charge on any atom is -0.494 e. The van der Waals surface area contributed by atoms with Crippen molar-refractivity contribution in [3.8, 4) is 17.2 Å². The average Bonchev–Trinajstić information content (AvgIpc) is 3.19. The van der Waals surface area contributed by atoms with Crippen molar-refractivity contribution in [3.05, 3.63) is 42.0 Å². The van der Waals surface area contributed by atoms with Crippen LogP contribution in [0.1, 0.15) is 5.56 Å². The molecule has 0 fully saturated rings. The number of carbonyl (C=O) groups excluding carboxylic acids is 1. The van der Waals surface area contributed by atoms with Gasteiger partial charge in [0, 0.05) is 13.1 Å². The standard InChI is InChI=1S/C22H25N3O4S/c1-14-9-10-17(27-4)19-20(14)30-22(23-19)25(12-11-24(2)3)21(26)18-13-28-15-7-5-6-8-16(15)29-18/h5-10,18H,11-13H2,1-4H3. The van der Waals surface area contributed by atoms with Crippen molar-refractivity contribution >= 4 is 32.6 Å². The number of amides is 1.